The van der Waals surface area contributed by atoms with Gasteiger partial charge in [-0.15, -0.1) is 0 Å². The molecule has 0 saturated carbocycles. The Morgan fingerprint density at radius 2 is 1.47 bits per heavy atom. The van der Waals surface area contributed by atoms with Crippen LogP contribution in [0.3, 0.4) is 0 Å². The topological polar surface area (TPSA) is 66.5 Å². The Morgan fingerprint density at radius 3 is 2.00 bits per heavy atom. The first kappa shape index (κ1) is 23.5. The molecule has 1 N–H and O–H groups in total. The van der Waals surface area contributed by atoms with Crippen molar-refractivity contribution in [3.05, 3.63) is 101 Å². The zero-order valence-electron chi connectivity index (χ0n) is 19.0. The van der Waals surface area contributed by atoms with Gasteiger partial charge < -0.3 is 5.32 Å². The third-order valence-corrected chi connectivity index (χ3v) is 6.64. The number of amides is 1. The summed E-state index contributed by atoms with van der Waals surface area (Å²) in [6.45, 7) is 6.27. The van der Waals surface area contributed by atoms with E-state index in [2.05, 4.69) is 24.4 Å². The fourth-order valence-electron chi connectivity index (χ4n) is 3.44. The minimum absolute atomic E-state index is 0.137. The van der Waals surface area contributed by atoms with Crippen LogP contribution < -0.4 is 9.62 Å². The minimum atomic E-state index is -3.49. The van der Waals surface area contributed by atoms with Gasteiger partial charge >= 0.3 is 0 Å². The normalized spacial score (nSPS) is 12.2. The monoisotopic (exact) mass is 450 g/mol. The van der Waals surface area contributed by atoms with Crippen LogP contribution >= 0.6 is 0 Å². The smallest absolute Gasteiger partial charge is 0.251 e. The summed E-state index contributed by atoms with van der Waals surface area (Å²) in [6.07, 6.45) is 2.16. The van der Waals surface area contributed by atoms with Gasteiger partial charge in [0, 0.05) is 5.56 Å². The third-order valence-electron chi connectivity index (χ3n) is 5.50. The van der Waals surface area contributed by atoms with E-state index in [4.69, 9.17) is 0 Å². The molecule has 1 atom stereocenters. The second kappa shape index (κ2) is 10.0. The molecule has 32 heavy (non-hydrogen) atoms. The van der Waals surface area contributed by atoms with Crippen molar-refractivity contribution in [1.82, 2.24) is 5.32 Å². The molecule has 0 aliphatic carbocycles. The van der Waals surface area contributed by atoms with E-state index in [0.717, 1.165) is 23.1 Å². The molecule has 3 aromatic carbocycles. The molecule has 3 rings (SSSR count). The van der Waals surface area contributed by atoms with Gasteiger partial charge in [-0.25, -0.2) is 8.42 Å². The predicted octanol–water partition coefficient (Wildman–Crippen LogP) is 5.01. The van der Waals surface area contributed by atoms with E-state index >= 15 is 0 Å². The first-order valence-electron chi connectivity index (χ1n) is 10.7. The Bertz CT molecular complexity index is 1150. The lowest BCUT2D eigenvalue weighted by Crippen LogP contribution is -2.29. The largest absolute Gasteiger partial charge is 0.346 e. The Morgan fingerprint density at radius 1 is 0.906 bits per heavy atom. The Balaban J connectivity index is 1.73. The van der Waals surface area contributed by atoms with Gasteiger partial charge in [-0.1, -0.05) is 61.0 Å². The maximum absolute atomic E-state index is 12.7. The highest BCUT2D eigenvalue weighted by molar-refractivity contribution is 7.92. The number of hydrogen-bond acceptors (Lipinski definition) is 3. The standard InChI is InChI=1S/C26H30N2O3S/c1-5-21-10-12-23(13-11-21)20(3)27-26(29)24-14-16-25(17-15-24)28(32(4,30)31)18-22-8-6-19(2)7-9-22/h6-17,20H,5,18H2,1-4H3,(H,27,29)/t20-/m1/s1. The number of benzene rings is 3. The molecule has 0 fully saturated rings. The molecule has 5 nitrogen and oxygen atoms in total. The number of rotatable bonds is 8. The molecule has 6 heteroatoms. The van der Waals surface area contributed by atoms with Gasteiger partial charge in [0.1, 0.15) is 0 Å². The van der Waals surface area contributed by atoms with E-state index in [1.54, 1.807) is 24.3 Å². The van der Waals surface area contributed by atoms with Crippen molar-refractivity contribution < 1.29 is 13.2 Å². The van der Waals surface area contributed by atoms with Gasteiger partial charge in [0.2, 0.25) is 10.0 Å². The Hall–Kier alpha value is -3.12. The predicted molar refractivity (Wildman–Crippen MR) is 130 cm³/mol. The molecular formula is C26H30N2O3S. The van der Waals surface area contributed by atoms with E-state index in [1.807, 2.05) is 50.2 Å². The number of carbonyl (C=O) groups excluding carboxylic acids is 1. The van der Waals surface area contributed by atoms with Crippen molar-refractivity contribution in [2.45, 2.75) is 39.8 Å². The fraction of sp³-hybridized carbons (Fsp3) is 0.269. The van der Waals surface area contributed by atoms with Gasteiger partial charge in [0.25, 0.3) is 5.91 Å². The number of sulfonamides is 1. The lowest BCUT2D eigenvalue weighted by molar-refractivity contribution is 0.0940. The summed E-state index contributed by atoms with van der Waals surface area (Å²) in [7, 11) is -3.49. The first-order valence-corrected chi connectivity index (χ1v) is 12.5. The number of nitrogens with one attached hydrogen (secondary N) is 1. The maximum Gasteiger partial charge on any atom is 0.251 e. The quantitative estimate of drug-likeness (QED) is 0.524. The highest BCUT2D eigenvalue weighted by Crippen LogP contribution is 2.22. The van der Waals surface area contributed by atoms with E-state index in [0.29, 0.717) is 11.3 Å². The second-order valence-electron chi connectivity index (χ2n) is 8.09. The van der Waals surface area contributed by atoms with Crippen molar-refractivity contribution in [2.24, 2.45) is 0 Å². The summed E-state index contributed by atoms with van der Waals surface area (Å²) in [5, 5.41) is 3.00. The molecule has 0 heterocycles. The molecule has 0 unspecified atom stereocenters. The maximum atomic E-state index is 12.7. The van der Waals surface area contributed by atoms with Gasteiger partial charge in [-0.3, -0.25) is 9.10 Å². The second-order valence-corrected chi connectivity index (χ2v) is 10.00. The molecule has 1 amide bonds. The van der Waals surface area contributed by atoms with E-state index in [1.165, 1.54) is 16.1 Å². The molecule has 0 aliphatic heterocycles. The van der Waals surface area contributed by atoms with Gasteiger partial charge in [-0.2, -0.15) is 0 Å². The summed E-state index contributed by atoms with van der Waals surface area (Å²) in [6, 6.07) is 22.5. The lowest BCUT2D eigenvalue weighted by Gasteiger charge is -2.23. The number of carbonyl (C=O) groups is 1. The highest BCUT2D eigenvalue weighted by Gasteiger charge is 2.19. The molecular weight excluding hydrogens is 420 g/mol. The molecule has 0 aromatic heterocycles. The van der Waals surface area contributed by atoms with Crippen LogP contribution in [0.4, 0.5) is 5.69 Å². The van der Waals surface area contributed by atoms with Crippen molar-refractivity contribution in [3.8, 4) is 0 Å². The third kappa shape index (κ3) is 5.98. The number of aryl methyl sites for hydroxylation is 2. The lowest BCUT2D eigenvalue weighted by atomic mass is 10.0. The van der Waals surface area contributed by atoms with Crippen molar-refractivity contribution >= 4 is 21.6 Å². The van der Waals surface area contributed by atoms with Gasteiger partial charge in [-0.05, 0) is 61.2 Å². The van der Waals surface area contributed by atoms with Crippen LogP contribution in [0.2, 0.25) is 0 Å². The summed E-state index contributed by atoms with van der Waals surface area (Å²) in [4.78, 5) is 12.7. The zero-order chi connectivity index (χ0) is 23.3. The molecule has 0 bridgehead atoms. The fourth-order valence-corrected chi connectivity index (χ4v) is 4.33. The molecule has 3 aromatic rings. The van der Waals surface area contributed by atoms with E-state index in [-0.39, 0.29) is 18.5 Å². The van der Waals surface area contributed by atoms with Crippen LogP contribution in [0.1, 0.15) is 52.5 Å². The van der Waals surface area contributed by atoms with E-state index < -0.39 is 10.0 Å². The van der Waals surface area contributed by atoms with Crippen molar-refractivity contribution in [3.63, 3.8) is 0 Å². The highest BCUT2D eigenvalue weighted by atomic mass is 32.2. The average molecular weight is 451 g/mol. The summed E-state index contributed by atoms with van der Waals surface area (Å²) in [5.41, 5.74) is 5.30. The van der Waals surface area contributed by atoms with Crippen LogP contribution in [-0.4, -0.2) is 20.6 Å². The first-order chi connectivity index (χ1) is 15.2. The van der Waals surface area contributed by atoms with Crippen LogP contribution in [-0.2, 0) is 23.0 Å². The molecule has 0 aliphatic rings. The minimum Gasteiger partial charge on any atom is -0.346 e. The molecule has 0 radical (unpaired) electrons. The van der Waals surface area contributed by atoms with E-state index in [9.17, 15) is 13.2 Å². The van der Waals surface area contributed by atoms with Crippen LogP contribution in [0.5, 0.6) is 0 Å². The molecule has 0 spiro atoms. The van der Waals surface area contributed by atoms with Crippen LogP contribution in [0, 0.1) is 6.92 Å². The summed E-state index contributed by atoms with van der Waals surface area (Å²) < 4.78 is 26.2. The Labute approximate surface area is 191 Å². The summed E-state index contributed by atoms with van der Waals surface area (Å²) in [5.74, 6) is -0.201. The molecule has 168 valence electrons. The number of anilines is 1. The van der Waals surface area contributed by atoms with Crippen molar-refractivity contribution in [2.75, 3.05) is 10.6 Å². The van der Waals surface area contributed by atoms with Gasteiger partial charge in [0.05, 0.1) is 24.5 Å². The molecule has 0 saturated heterocycles. The SMILES string of the molecule is CCc1ccc([C@@H](C)NC(=O)c2ccc(N(Cc3ccc(C)cc3)S(C)(=O)=O)cc2)cc1. The van der Waals surface area contributed by atoms with Crippen molar-refractivity contribution in [1.29, 1.82) is 0 Å². The Kier molecular flexibility index (Phi) is 7.36. The summed E-state index contributed by atoms with van der Waals surface area (Å²) >= 11 is 0. The number of nitrogens with zero attached hydrogens (tertiary/aromatic N) is 1. The number of hydrogen-bond donors (Lipinski definition) is 1. The van der Waals surface area contributed by atoms with Gasteiger partial charge in [0.15, 0.2) is 0 Å². The van der Waals surface area contributed by atoms with Crippen LogP contribution in [0.25, 0.3) is 0 Å². The zero-order valence-corrected chi connectivity index (χ0v) is 19.8. The van der Waals surface area contributed by atoms with Crippen LogP contribution in [0.15, 0.2) is 72.8 Å². The average Bonchev–Trinajstić information content (AvgIpc) is 2.78.